The van der Waals surface area contributed by atoms with Gasteiger partial charge in [-0.05, 0) is 18.6 Å². The van der Waals surface area contributed by atoms with Crippen LogP contribution in [0.1, 0.15) is 20.9 Å². The predicted octanol–water partition coefficient (Wildman–Crippen LogP) is 3.94. The summed E-state index contributed by atoms with van der Waals surface area (Å²) >= 11 is 1.52. The van der Waals surface area contributed by atoms with E-state index in [1.165, 1.54) is 11.3 Å². The zero-order valence-corrected chi connectivity index (χ0v) is 12.4. The van der Waals surface area contributed by atoms with Crippen LogP contribution >= 0.6 is 11.3 Å². The lowest BCUT2D eigenvalue weighted by atomic mass is 10.1. The van der Waals surface area contributed by atoms with Gasteiger partial charge in [-0.1, -0.05) is 30.3 Å². The normalized spacial score (nSPS) is 10.5. The Hall–Kier alpha value is -2.33. The van der Waals surface area contributed by atoms with E-state index in [-0.39, 0.29) is 5.78 Å². The Kier molecular flexibility index (Phi) is 3.88. The molecule has 0 aliphatic heterocycles. The molecule has 3 nitrogen and oxygen atoms in total. The molecular weight excluding hydrogens is 280 g/mol. The fourth-order valence-electron chi connectivity index (χ4n) is 2.12. The topological polar surface area (TPSA) is 42.9 Å². The van der Waals surface area contributed by atoms with Crippen molar-refractivity contribution < 1.29 is 4.79 Å². The van der Waals surface area contributed by atoms with Gasteiger partial charge in [-0.15, -0.1) is 11.3 Å². The first kappa shape index (κ1) is 13.6. The van der Waals surface area contributed by atoms with E-state index in [1.54, 1.807) is 12.4 Å². The van der Waals surface area contributed by atoms with Crippen molar-refractivity contribution in [1.29, 1.82) is 0 Å². The van der Waals surface area contributed by atoms with E-state index in [2.05, 4.69) is 9.97 Å². The average molecular weight is 294 g/mol. The van der Waals surface area contributed by atoms with E-state index < -0.39 is 0 Å². The third-order valence-corrected chi connectivity index (χ3v) is 4.12. The Bertz CT molecular complexity index is 765. The number of hydrogen-bond acceptors (Lipinski definition) is 4. The summed E-state index contributed by atoms with van der Waals surface area (Å²) < 4.78 is 0. The number of rotatable bonds is 4. The number of nitrogens with zero attached hydrogens (tertiary/aromatic N) is 2. The zero-order chi connectivity index (χ0) is 14.7. The van der Waals surface area contributed by atoms with Gasteiger partial charge in [-0.3, -0.25) is 9.78 Å². The molecule has 21 heavy (non-hydrogen) atoms. The molecule has 0 fully saturated rings. The van der Waals surface area contributed by atoms with Gasteiger partial charge in [0, 0.05) is 28.9 Å². The molecule has 0 saturated heterocycles. The maximum absolute atomic E-state index is 12.3. The van der Waals surface area contributed by atoms with E-state index in [0.717, 1.165) is 21.8 Å². The number of ketones is 1. The molecular formula is C17H14N2OS. The third kappa shape index (κ3) is 3.06. The Labute approximate surface area is 127 Å². The van der Waals surface area contributed by atoms with Crippen LogP contribution in [0.15, 0.2) is 54.2 Å². The van der Waals surface area contributed by atoms with Gasteiger partial charge in [-0.25, -0.2) is 4.98 Å². The van der Waals surface area contributed by atoms with Crippen LogP contribution in [0.25, 0.3) is 11.3 Å². The summed E-state index contributed by atoms with van der Waals surface area (Å²) in [5, 5.41) is 2.83. The maximum Gasteiger partial charge on any atom is 0.171 e. The van der Waals surface area contributed by atoms with Crippen LogP contribution in [0.4, 0.5) is 0 Å². The number of aromatic nitrogens is 2. The number of carbonyl (C=O) groups is 1. The predicted molar refractivity (Wildman–Crippen MR) is 84.6 cm³/mol. The number of thiazole rings is 1. The van der Waals surface area contributed by atoms with Crippen molar-refractivity contribution in [3.63, 3.8) is 0 Å². The number of pyridine rings is 1. The van der Waals surface area contributed by atoms with E-state index in [0.29, 0.717) is 12.0 Å². The van der Waals surface area contributed by atoms with Gasteiger partial charge in [0.05, 0.1) is 12.1 Å². The smallest absolute Gasteiger partial charge is 0.171 e. The fourth-order valence-corrected chi connectivity index (χ4v) is 2.92. The van der Waals surface area contributed by atoms with Crippen molar-refractivity contribution in [2.24, 2.45) is 0 Å². The van der Waals surface area contributed by atoms with Crippen molar-refractivity contribution in [3.05, 3.63) is 70.3 Å². The fraction of sp³-hybridized carbons (Fsp3) is 0.118. The molecule has 0 aliphatic carbocycles. The molecule has 0 N–H and O–H groups in total. The van der Waals surface area contributed by atoms with Crippen molar-refractivity contribution in [1.82, 2.24) is 9.97 Å². The molecule has 2 heterocycles. The first-order valence-corrected chi connectivity index (χ1v) is 7.55. The van der Waals surface area contributed by atoms with Crippen molar-refractivity contribution in [2.45, 2.75) is 13.3 Å². The lowest BCUT2D eigenvalue weighted by Crippen LogP contribution is -2.05. The highest BCUT2D eigenvalue weighted by Gasteiger charge is 2.13. The van der Waals surface area contributed by atoms with Crippen molar-refractivity contribution in [3.8, 4) is 11.3 Å². The Balaban J connectivity index is 1.79. The summed E-state index contributed by atoms with van der Waals surface area (Å²) in [7, 11) is 0. The molecule has 0 atom stereocenters. The van der Waals surface area contributed by atoms with Gasteiger partial charge >= 0.3 is 0 Å². The number of carbonyl (C=O) groups excluding carboxylic acids is 1. The van der Waals surface area contributed by atoms with Crippen LogP contribution in [0.3, 0.4) is 0 Å². The van der Waals surface area contributed by atoms with E-state index in [9.17, 15) is 4.79 Å². The summed E-state index contributed by atoms with van der Waals surface area (Å²) in [5.41, 5.74) is 3.63. The van der Waals surface area contributed by atoms with Crippen LogP contribution in [-0.2, 0) is 6.42 Å². The first-order valence-electron chi connectivity index (χ1n) is 6.67. The first-order chi connectivity index (χ1) is 10.2. The molecule has 0 aliphatic rings. The quantitative estimate of drug-likeness (QED) is 0.684. The SMILES string of the molecule is Cc1ccncc1C(=O)Cc1nc(-c2ccccc2)cs1. The van der Waals surface area contributed by atoms with Crippen LogP contribution in [0, 0.1) is 6.92 Å². The molecule has 104 valence electrons. The van der Waals surface area contributed by atoms with Gasteiger partial charge in [0.15, 0.2) is 5.78 Å². The van der Waals surface area contributed by atoms with E-state index >= 15 is 0 Å². The molecule has 3 aromatic rings. The minimum Gasteiger partial charge on any atom is -0.294 e. The van der Waals surface area contributed by atoms with E-state index in [1.807, 2.05) is 48.7 Å². The molecule has 0 saturated carbocycles. The molecule has 1 aromatic carbocycles. The monoisotopic (exact) mass is 294 g/mol. The molecule has 0 radical (unpaired) electrons. The minimum atomic E-state index is 0.0644. The standard InChI is InChI=1S/C17H14N2OS/c1-12-7-8-18-10-14(12)16(20)9-17-19-15(11-21-17)13-5-3-2-4-6-13/h2-8,10-11H,9H2,1H3. The number of hydrogen-bond donors (Lipinski definition) is 0. The number of aryl methyl sites for hydroxylation is 1. The van der Waals surface area contributed by atoms with Gasteiger partial charge < -0.3 is 0 Å². The van der Waals surface area contributed by atoms with Crippen molar-refractivity contribution >= 4 is 17.1 Å². The molecule has 2 aromatic heterocycles. The van der Waals surface area contributed by atoms with Gasteiger partial charge in [0.2, 0.25) is 0 Å². The summed E-state index contributed by atoms with van der Waals surface area (Å²) in [4.78, 5) is 20.9. The number of Topliss-reactive ketones (excluding diaryl/α,β-unsaturated/α-hetero) is 1. The molecule has 0 unspecified atom stereocenters. The van der Waals surface area contributed by atoms with Crippen LogP contribution in [0.2, 0.25) is 0 Å². The lowest BCUT2D eigenvalue weighted by Gasteiger charge is -2.01. The third-order valence-electron chi connectivity index (χ3n) is 3.27. The molecule has 0 spiro atoms. The number of benzene rings is 1. The molecule has 4 heteroatoms. The minimum absolute atomic E-state index is 0.0644. The average Bonchev–Trinajstić information content (AvgIpc) is 2.97. The van der Waals surface area contributed by atoms with Gasteiger partial charge in [0.1, 0.15) is 5.01 Å². The van der Waals surface area contributed by atoms with Gasteiger partial charge in [0.25, 0.3) is 0 Å². The van der Waals surface area contributed by atoms with Crippen LogP contribution in [-0.4, -0.2) is 15.8 Å². The van der Waals surface area contributed by atoms with Crippen LogP contribution in [0.5, 0.6) is 0 Å². The molecule has 3 rings (SSSR count). The molecule has 0 amide bonds. The van der Waals surface area contributed by atoms with Crippen molar-refractivity contribution in [2.75, 3.05) is 0 Å². The van der Waals surface area contributed by atoms with Crippen LogP contribution < -0.4 is 0 Å². The maximum atomic E-state index is 12.3. The largest absolute Gasteiger partial charge is 0.294 e. The summed E-state index contributed by atoms with van der Waals surface area (Å²) in [6, 6.07) is 11.8. The Morgan fingerprint density at radius 2 is 2.00 bits per heavy atom. The highest BCUT2D eigenvalue weighted by Crippen LogP contribution is 2.22. The second-order valence-corrected chi connectivity index (χ2v) is 5.73. The van der Waals surface area contributed by atoms with Gasteiger partial charge in [-0.2, -0.15) is 0 Å². The summed E-state index contributed by atoms with van der Waals surface area (Å²) in [6.45, 7) is 1.92. The highest BCUT2D eigenvalue weighted by molar-refractivity contribution is 7.10. The summed E-state index contributed by atoms with van der Waals surface area (Å²) in [6.07, 6.45) is 3.65. The summed E-state index contributed by atoms with van der Waals surface area (Å²) in [5.74, 6) is 0.0644. The zero-order valence-electron chi connectivity index (χ0n) is 11.6. The Morgan fingerprint density at radius 1 is 1.19 bits per heavy atom. The second-order valence-electron chi connectivity index (χ2n) is 4.78. The molecule has 0 bridgehead atoms. The highest BCUT2D eigenvalue weighted by atomic mass is 32.1. The second kappa shape index (κ2) is 5.97. The Morgan fingerprint density at radius 3 is 2.76 bits per heavy atom. The van der Waals surface area contributed by atoms with E-state index in [4.69, 9.17) is 0 Å². The lowest BCUT2D eigenvalue weighted by molar-refractivity contribution is 0.0992.